The lowest BCUT2D eigenvalue weighted by Gasteiger charge is -2.05. The van der Waals surface area contributed by atoms with Crippen LogP contribution < -0.4 is 10.0 Å². The largest absolute Gasteiger partial charge is 0.442 e. The van der Waals surface area contributed by atoms with Crippen molar-refractivity contribution in [2.45, 2.75) is 0 Å². The molecule has 1 heterocycles. The molecule has 118 valence electrons. The van der Waals surface area contributed by atoms with E-state index in [-0.39, 0.29) is 29.4 Å². The number of sulfonamides is 1. The average molecular weight is 388 g/mol. The molecule has 0 aliphatic carbocycles. The Kier molecular flexibility index (Phi) is 5.56. The lowest BCUT2D eigenvalue weighted by Crippen LogP contribution is -2.31. The van der Waals surface area contributed by atoms with Crippen LogP contribution in [0.5, 0.6) is 0 Å². The number of carbonyl (C=O) groups excluding carboxylic acids is 1. The number of amides is 1. The van der Waals surface area contributed by atoms with Crippen LogP contribution in [0.3, 0.4) is 0 Å². The molecule has 0 saturated heterocycles. The van der Waals surface area contributed by atoms with Crippen LogP contribution in [0.2, 0.25) is 0 Å². The monoisotopic (exact) mass is 387 g/mol. The minimum Gasteiger partial charge on any atom is -0.442 e. The van der Waals surface area contributed by atoms with E-state index in [1.54, 1.807) is 12.1 Å². The van der Waals surface area contributed by atoms with E-state index in [9.17, 15) is 13.2 Å². The third-order valence-corrected chi connectivity index (χ3v) is 4.37. The van der Waals surface area contributed by atoms with Gasteiger partial charge in [-0.15, -0.1) is 0 Å². The van der Waals surface area contributed by atoms with E-state index in [2.05, 4.69) is 31.0 Å². The van der Waals surface area contributed by atoms with E-state index < -0.39 is 10.0 Å². The summed E-state index contributed by atoms with van der Waals surface area (Å²) in [6.45, 7) is 0.0170. The molecule has 2 aromatic rings. The van der Waals surface area contributed by atoms with E-state index in [1.807, 2.05) is 18.2 Å². The summed E-state index contributed by atoms with van der Waals surface area (Å²) in [7, 11) is -3.61. The highest BCUT2D eigenvalue weighted by Crippen LogP contribution is 2.20. The molecule has 1 amide bonds. The highest BCUT2D eigenvalue weighted by molar-refractivity contribution is 9.09. The van der Waals surface area contributed by atoms with Crippen molar-refractivity contribution in [1.82, 2.24) is 10.3 Å². The molecular formula is C13H14BrN3O4S. The van der Waals surface area contributed by atoms with Crippen LogP contribution in [0.15, 0.2) is 41.0 Å². The van der Waals surface area contributed by atoms with Crippen LogP contribution in [0.4, 0.5) is 5.82 Å². The Balaban J connectivity index is 1.96. The second kappa shape index (κ2) is 7.41. The zero-order chi connectivity index (χ0) is 16.0. The number of anilines is 1. The molecule has 1 aromatic carbocycles. The number of nitrogens with zero attached hydrogens (tertiary/aromatic N) is 1. The smallest absolute Gasteiger partial charge is 0.235 e. The van der Waals surface area contributed by atoms with Crippen molar-refractivity contribution in [2.75, 3.05) is 22.3 Å². The number of alkyl halides is 1. The van der Waals surface area contributed by atoms with Crippen LogP contribution in [0.25, 0.3) is 11.5 Å². The van der Waals surface area contributed by atoms with Crippen LogP contribution in [0.1, 0.15) is 0 Å². The fourth-order valence-corrected chi connectivity index (χ4v) is 2.70. The second-order valence-electron chi connectivity index (χ2n) is 4.31. The Morgan fingerprint density at radius 2 is 2.00 bits per heavy atom. The summed E-state index contributed by atoms with van der Waals surface area (Å²) in [6.07, 6.45) is 1.23. The topological polar surface area (TPSA) is 101 Å². The van der Waals surface area contributed by atoms with Crippen LogP contribution in [0, 0.1) is 0 Å². The predicted molar refractivity (Wildman–Crippen MR) is 86.2 cm³/mol. The molecule has 0 fully saturated rings. The van der Waals surface area contributed by atoms with Crippen molar-refractivity contribution in [3.05, 3.63) is 36.6 Å². The highest BCUT2D eigenvalue weighted by Gasteiger charge is 2.14. The Hall–Kier alpha value is -1.87. The van der Waals surface area contributed by atoms with Crippen molar-refractivity contribution in [3.8, 4) is 11.5 Å². The molecule has 7 nitrogen and oxygen atoms in total. The fraction of sp³-hybridized carbons (Fsp3) is 0.231. The van der Waals surface area contributed by atoms with Crippen molar-refractivity contribution in [3.63, 3.8) is 0 Å². The molecule has 22 heavy (non-hydrogen) atoms. The number of hydrogen-bond donors (Lipinski definition) is 2. The predicted octanol–water partition coefficient (Wildman–Crippen LogP) is 1.59. The molecule has 9 heteroatoms. The van der Waals surface area contributed by atoms with Crippen molar-refractivity contribution in [2.24, 2.45) is 0 Å². The van der Waals surface area contributed by atoms with Gasteiger partial charge in [0.25, 0.3) is 0 Å². The summed E-state index contributed by atoms with van der Waals surface area (Å²) in [5.41, 5.74) is 0.748. The van der Waals surface area contributed by atoms with Gasteiger partial charge in [-0.2, -0.15) is 4.98 Å². The molecule has 0 bridgehead atoms. The Bertz CT molecular complexity index is 731. The first-order valence-corrected chi connectivity index (χ1v) is 9.11. The standard InChI is InChI=1S/C13H14BrN3O4S/c14-8-12(18)15-6-7-22(19,20)17-11-9-21-13(16-11)10-4-2-1-3-5-10/h1-5,9,17H,6-8H2,(H,15,18). The summed E-state index contributed by atoms with van der Waals surface area (Å²) in [5, 5.41) is 2.59. The van der Waals surface area contributed by atoms with Gasteiger partial charge in [0.2, 0.25) is 21.8 Å². The van der Waals surface area contributed by atoms with Gasteiger partial charge in [0.15, 0.2) is 5.82 Å². The number of rotatable bonds is 7. The summed E-state index contributed by atoms with van der Waals surface area (Å²) >= 11 is 2.97. The number of aromatic nitrogens is 1. The molecule has 0 radical (unpaired) electrons. The van der Waals surface area contributed by atoms with Gasteiger partial charge < -0.3 is 9.73 Å². The minimum absolute atomic E-state index is 0.0170. The van der Waals surface area contributed by atoms with Gasteiger partial charge in [0.05, 0.1) is 11.1 Å². The van der Waals surface area contributed by atoms with Crippen LogP contribution in [-0.4, -0.2) is 36.9 Å². The number of oxazole rings is 1. The minimum atomic E-state index is -3.61. The van der Waals surface area contributed by atoms with Crippen LogP contribution in [-0.2, 0) is 14.8 Å². The van der Waals surface area contributed by atoms with Gasteiger partial charge in [0.1, 0.15) is 6.26 Å². The number of hydrogen-bond acceptors (Lipinski definition) is 5. The quantitative estimate of drug-likeness (QED) is 0.702. The zero-order valence-corrected chi connectivity index (χ0v) is 13.9. The molecule has 0 atom stereocenters. The lowest BCUT2D eigenvalue weighted by atomic mass is 10.2. The number of halogens is 1. The maximum atomic E-state index is 11.9. The number of benzene rings is 1. The molecule has 0 aliphatic heterocycles. The molecule has 2 rings (SSSR count). The summed E-state index contributed by atoms with van der Waals surface area (Å²) in [5.74, 6) is -0.0984. The summed E-state index contributed by atoms with van der Waals surface area (Å²) < 4.78 is 31.3. The van der Waals surface area contributed by atoms with Crippen molar-refractivity contribution >= 4 is 37.7 Å². The molecule has 0 saturated carbocycles. The van der Waals surface area contributed by atoms with Gasteiger partial charge in [-0.25, -0.2) is 8.42 Å². The van der Waals surface area contributed by atoms with Crippen molar-refractivity contribution in [1.29, 1.82) is 0 Å². The Morgan fingerprint density at radius 1 is 1.27 bits per heavy atom. The second-order valence-corrected chi connectivity index (χ2v) is 6.71. The van der Waals surface area contributed by atoms with Gasteiger partial charge in [-0.1, -0.05) is 34.1 Å². The maximum Gasteiger partial charge on any atom is 0.235 e. The lowest BCUT2D eigenvalue weighted by molar-refractivity contribution is -0.118. The highest BCUT2D eigenvalue weighted by atomic mass is 79.9. The summed E-state index contributed by atoms with van der Waals surface area (Å²) in [4.78, 5) is 15.1. The SMILES string of the molecule is O=C(CBr)NCCS(=O)(=O)Nc1coc(-c2ccccc2)n1. The van der Waals surface area contributed by atoms with Gasteiger partial charge in [-0.3, -0.25) is 9.52 Å². The summed E-state index contributed by atoms with van der Waals surface area (Å²) in [6, 6.07) is 9.13. The van der Waals surface area contributed by atoms with E-state index in [1.165, 1.54) is 6.26 Å². The third kappa shape index (κ3) is 4.85. The average Bonchev–Trinajstić information content (AvgIpc) is 2.95. The third-order valence-electron chi connectivity index (χ3n) is 2.60. The van der Waals surface area contributed by atoms with E-state index >= 15 is 0 Å². The molecule has 1 aromatic heterocycles. The Morgan fingerprint density at radius 3 is 2.68 bits per heavy atom. The molecule has 2 N–H and O–H groups in total. The fourth-order valence-electron chi connectivity index (χ4n) is 1.62. The first-order chi connectivity index (χ1) is 10.5. The Labute approximate surface area is 136 Å². The van der Waals surface area contributed by atoms with Gasteiger partial charge in [0, 0.05) is 12.1 Å². The van der Waals surface area contributed by atoms with E-state index in [0.717, 1.165) is 5.56 Å². The zero-order valence-electron chi connectivity index (χ0n) is 11.5. The number of nitrogens with one attached hydrogen (secondary N) is 2. The first kappa shape index (κ1) is 16.5. The molecular weight excluding hydrogens is 374 g/mol. The van der Waals surface area contributed by atoms with E-state index in [4.69, 9.17) is 4.42 Å². The van der Waals surface area contributed by atoms with Gasteiger partial charge >= 0.3 is 0 Å². The maximum absolute atomic E-state index is 11.9. The molecule has 0 aliphatic rings. The normalized spacial score (nSPS) is 11.1. The van der Waals surface area contributed by atoms with Gasteiger partial charge in [-0.05, 0) is 12.1 Å². The molecule has 0 unspecified atom stereocenters. The number of carbonyl (C=O) groups is 1. The van der Waals surface area contributed by atoms with Crippen molar-refractivity contribution < 1.29 is 17.6 Å². The van der Waals surface area contributed by atoms with Crippen LogP contribution >= 0.6 is 15.9 Å². The van der Waals surface area contributed by atoms with E-state index in [0.29, 0.717) is 5.89 Å². The molecule has 0 spiro atoms. The first-order valence-electron chi connectivity index (χ1n) is 6.34.